The molecule has 0 aromatic heterocycles. The first-order valence-corrected chi connectivity index (χ1v) is 38.3. The fourth-order valence-corrected chi connectivity index (χ4v) is 7.68. The van der Waals surface area contributed by atoms with Crippen LogP contribution >= 0.6 is 0 Å². The predicted octanol–water partition coefficient (Wildman–Crippen LogP) is 4.22. The molecule has 3 N–H and O–H groups in total. The molecule has 688 valence electrons. The van der Waals surface area contributed by atoms with Gasteiger partial charge in [-0.3, -0.25) is 14.4 Å². The summed E-state index contributed by atoms with van der Waals surface area (Å²) in [5, 5.41) is 26.3. The number of aliphatic carboxylic acids is 2. The minimum atomic E-state index is -1.53. The maximum atomic E-state index is 12.3. The van der Waals surface area contributed by atoms with Gasteiger partial charge >= 0.3 is 125 Å². The number of hydrogen-bond donors (Lipinski definition) is 3. The van der Waals surface area contributed by atoms with Crippen LogP contribution in [0, 0.1) is 0 Å². The Bertz CT molecular complexity index is 3850. The van der Waals surface area contributed by atoms with Crippen molar-refractivity contribution >= 4 is 125 Å². The average molecular weight is 1760 g/mol. The quantitative estimate of drug-likeness (QED) is 0.0617. The van der Waals surface area contributed by atoms with Gasteiger partial charge in [-0.05, 0) is 155 Å². The molecular formula is C80H110O43. The van der Waals surface area contributed by atoms with Gasteiger partial charge in [-0.1, -0.05) is 81.4 Å². The molecule has 0 heterocycles. The summed E-state index contributed by atoms with van der Waals surface area (Å²) >= 11 is 0. The zero-order valence-electron chi connectivity index (χ0n) is 72.0. The lowest BCUT2D eigenvalue weighted by Crippen LogP contribution is -2.39. The largest absolute Gasteiger partial charge is 0.479 e. The van der Waals surface area contributed by atoms with Crippen LogP contribution in [-0.4, -0.2) is 251 Å². The molecule has 43 heteroatoms. The van der Waals surface area contributed by atoms with Crippen LogP contribution in [0.25, 0.3) is 0 Å². The first-order valence-electron chi connectivity index (χ1n) is 38.3. The van der Waals surface area contributed by atoms with Gasteiger partial charge in [-0.15, -0.1) is 0 Å². The van der Waals surface area contributed by atoms with Crippen molar-refractivity contribution in [2.24, 2.45) is 0 Å². The number of carbonyl (C=O) groups excluding carboxylic acids is 19. The van der Waals surface area contributed by atoms with Crippen LogP contribution in [0.15, 0.2) is 60.7 Å². The predicted molar refractivity (Wildman–Crippen MR) is 409 cm³/mol. The number of aliphatic hydroxyl groups is 1. The van der Waals surface area contributed by atoms with E-state index in [1.165, 1.54) is 76.2 Å². The number of carboxylic acid groups (broad SMARTS) is 2. The highest BCUT2D eigenvalue weighted by molar-refractivity contribution is 5.90. The number of ether oxygens (including phenoxy) is 19. The zero-order valence-corrected chi connectivity index (χ0v) is 72.0. The van der Waals surface area contributed by atoms with Gasteiger partial charge in [0.1, 0.15) is 19.3 Å². The molecule has 0 amide bonds. The van der Waals surface area contributed by atoms with Crippen LogP contribution < -0.4 is 0 Å². The second-order valence-corrected chi connectivity index (χ2v) is 26.3. The molecule has 0 bridgehead atoms. The lowest BCUT2D eigenvalue weighted by Gasteiger charge is -2.20. The van der Waals surface area contributed by atoms with Crippen LogP contribution in [0.4, 0.5) is 0 Å². The maximum Gasteiger partial charge on any atom is 0.347 e. The van der Waals surface area contributed by atoms with Crippen molar-refractivity contribution in [2.75, 3.05) is 0 Å². The molecule has 43 nitrogen and oxygen atoms in total. The Labute approximate surface area is 707 Å². The number of aliphatic hydroxyl groups excluding tert-OH is 1. The summed E-state index contributed by atoms with van der Waals surface area (Å²) in [6, 6.07) is 18.0. The van der Waals surface area contributed by atoms with Crippen molar-refractivity contribution in [3.8, 4) is 0 Å². The van der Waals surface area contributed by atoms with E-state index in [1.807, 2.05) is 30.3 Å². The molecule has 0 aliphatic heterocycles. The third kappa shape index (κ3) is 47.8. The Morgan fingerprint density at radius 3 is 0.520 bits per heavy atom. The van der Waals surface area contributed by atoms with E-state index < -0.39 is 235 Å². The molecule has 0 saturated heterocycles. The average Bonchev–Trinajstić information content (AvgIpc) is 0.883. The maximum absolute atomic E-state index is 12.3. The van der Waals surface area contributed by atoms with Crippen LogP contribution in [-0.2, 0) is 204 Å². The fraction of sp³-hybridized carbons (Fsp3) is 0.588. The molecule has 2 aromatic carbocycles. The fourth-order valence-electron chi connectivity index (χ4n) is 7.68. The zero-order chi connectivity index (χ0) is 94.8. The Morgan fingerprint density at radius 1 is 0.220 bits per heavy atom. The summed E-state index contributed by atoms with van der Waals surface area (Å²) in [7, 11) is 0. The number of hydrogen-bond acceptors (Lipinski definition) is 41. The molecule has 0 aliphatic rings. The Kier molecular flexibility index (Phi) is 53.9. The molecule has 18 atom stereocenters. The molecular weight excluding hydrogens is 1650 g/mol. The van der Waals surface area contributed by atoms with Crippen LogP contribution in [0.5, 0.6) is 0 Å². The molecule has 0 saturated carbocycles. The highest BCUT2D eigenvalue weighted by Crippen LogP contribution is 2.15. The molecule has 0 radical (unpaired) electrons. The summed E-state index contributed by atoms with van der Waals surface area (Å²) in [5.74, 6) is -20.8. The summed E-state index contributed by atoms with van der Waals surface area (Å²) < 4.78 is 92.1. The van der Waals surface area contributed by atoms with Gasteiger partial charge in [-0.25, -0.2) is 86.3 Å². The van der Waals surface area contributed by atoms with Crippen molar-refractivity contribution in [2.45, 2.75) is 307 Å². The van der Waals surface area contributed by atoms with Crippen molar-refractivity contribution in [3.63, 3.8) is 0 Å². The Hall–Kier alpha value is -12.7. The van der Waals surface area contributed by atoms with E-state index in [0.29, 0.717) is 19.3 Å². The molecule has 0 spiro atoms. The summed E-state index contributed by atoms with van der Waals surface area (Å²) in [5.41, 5.74) is 1.58. The van der Waals surface area contributed by atoms with Crippen molar-refractivity contribution in [3.05, 3.63) is 71.8 Å². The summed E-state index contributed by atoms with van der Waals surface area (Å²) in [6.45, 7) is 27.0. The van der Waals surface area contributed by atoms with E-state index in [-0.39, 0.29) is 32.5 Å². The number of carboxylic acids is 2. The summed E-state index contributed by atoms with van der Waals surface area (Å²) in [6.07, 6.45) is -23.0. The lowest BCUT2D eigenvalue weighted by molar-refractivity contribution is -0.188. The van der Waals surface area contributed by atoms with Crippen LogP contribution in [0.1, 0.15) is 195 Å². The number of carbonyl (C=O) groups is 21. The number of esters is 19. The second kappa shape index (κ2) is 59.1. The van der Waals surface area contributed by atoms with Crippen LogP contribution in [0.2, 0.25) is 0 Å². The normalized spacial score (nSPS) is 14.8. The highest BCUT2D eigenvalue weighted by Gasteiger charge is 2.37. The minimum Gasteiger partial charge on any atom is -0.479 e. The molecule has 2 aromatic rings. The van der Waals surface area contributed by atoms with Gasteiger partial charge in [0, 0.05) is 19.3 Å². The first kappa shape index (κ1) is 112. The second-order valence-electron chi connectivity index (χ2n) is 26.3. The molecule has 0 fully saturated rings. The molecule has 0 unspecified atom stereocenters. The van der Waals surface area contributed by atoms with Crippen molar-refractivity contribution in [1.29, 1.82) is 0 Å². The number of benzene rings is 2. The Morgan fingerprint density at radius 2 is 0.366 bits per heavy atom. The van der Waals surface area contributed by atoms with Crippen molar-refractivity contribution < 1.29 is 206 Å². The van der Waals surface area contributed by atoms with E-state index >= 15 is 0 Å². The van der Waals surface area contributed by atoms with Crippen molar-refractivity contribution in [1.82, 2.24) is 0 Å². The highest BCUT2D eigenvalue weighted by atomic mass is 16.7. The van der Waals surface area contributed by atoms with E-state index in [4.69, 9.17) is 95.8 Å². The molecule has 0 aliphatic carbocycles. The summed E-state index contributed by atoms with van der Waals surface area (Å²) in [4.78, 5) is 247. The SMILES string of the molecule is CCCC(=O)O[C@@H](C)C(=O)O[C@H](C)C(=O)O[C@H](C)C(=O)O[C@H](C)C(=O)O.CCCC(=O)O[C@@H](C)C(=O)O[C@H](C)C(=O)O[C@H](C)C(=O)O[C@H](C)C(=O)O[C@H](C)C(=O)O[C@H](C)C(=O)O.CCCC(=O)O[C@@H](C)C(=O)O[C@H](C)C(=O)O[C@H](C)C(=O)O[C@H](C)C(=O)O[C@H](C)C(=O)O[C@H](C)C(=O)OCc1ccccc1.C[C@H](O)C(=O)O[C@H](C)C(=O)OCc1ccccc1. The monoisotopic (exact) mass is 1760 g/mol. The van der Waals surface area contributed by atoms with Gasteiger partial charge in [0.05, 0.1) is 0 Å². The topological polar surface area (TPSA) is 595 Å². The van der Waals surface area contributed by atoms with Gasteiger partial charge in [0.2, 0.25) is 0 Å². The minimum absolute atomic E-state index is 0.0256. The standard InChI is InChI=1S/C29H38O14.C22H32O14.C16H24O10.C13H16O5/c1-8-12-23(30)38-17(3)25(32)40-19(5)27(34)42-21(7)29(36)43-20(6)28(35)41-18(4)26(33)39-16(2)24(31)37-15-22-13-10-9-11-14-22;1-8-9-16(23)31-11(3)18(26)33-13(5)20(28)35-15(7)22(30)36-14(6)21(29)34-12(4)19(27)32-10(2)17(24)25;1-6-7-12(17)23-9(3)14(20)25-11(5)16(22)26-10(4)15(21)24-8(2)13(18)19;1-9(14)12(15)18-10(2)13(16)17-8-11-6-4-3-5-7-11/h9-11,13-14,16-21H,8,12,15H2,1-7H3;10-15H,8-9H2,1-7H3,(H,24,25);8-11H,6-7H2,1-5H3,(H,18,19);3-7,9-10,14H,8H2,1-2H3/t16-,17+,18-,19-,20-,21-;10-,11+,12-,13-,14-,15-;8-,9+,10-,11-;9-,10+/m1110/s1. The molecule has 123 heavy (non-hydrogen) atoms. The van der Waals surface area contributed by atoms with E-state index in [0.717, 1.165) is 59.6 Å². The van der Waals surface area contributed by atoms with E-state index in [1.54, 1.807) is 51.1 Å². The molecule has 2 rings (SSSR count). The lowest BCUT2D eigenvalue weighted by atomic mass is 10.2. The van der Waals surface area contributed by atoms with E-state index in [2.05, 4.69) is 9.47 Å². The number of rotatable bonds is 45. The third-order valence-electron chi connectivity index (χ3n) is 14.9. The van der Waals surface area contributed by atoms with Gasteiger partial charge in [0.15, 0.2) is 104 Å². The Balaban J connectivity index is 0. The smallest absolute Gasteiger partial charge is 0.347 e. The van der Waals surface area contributed by atoms with Gasteiger partial charge in [-0.2, -0.15) is 0 Å². The van der Waals surface area contributed by atoms with Gasteiger partial charge in [0.25, 0.3) is 0 Å². The van der Waals surface area contributed by atoms with E-state index in [9.17, 15) is 101 Å². The first-order chi connectivity index (χ1) is 57.2. The van der Waals surface area contributed by atoms with Crippen LogP contribution in [0.3, 0.4) is 0 Å². The van der Waals surface area contributed by atoms with Gasteiger partial charge < -0.3 is 105 Å². The third-order valence-corrected chi connectivity index (χ3v) is 14.9.